The SMILES string of the molecule is COc1ccc2[nH]cc(C=Cc3nc4ccc(I)cc4c(=O)n3-c3ccccc3C)c2c1. The molecule has 0 radical (unpaired) electrons. The van der Waals surface area contributed by atoms with Crippen molar-refractivity contribution in [2.75, 3.05) is 7.11 Å². The van der Waals surface area contributed by atoms with Crippen LogP contribution in [0, 0.1) is 10.5 Å². The molecule has 0 fully saturated rings. The number of rotatable bonds is 4. The first-order valence-electron chi connectivity index (χ1n) is 10.2. The fourth-order valence-electron chi connectivity index (χ4n) is 3.88. The minimum Gasteiger partial charge on any atom is -0.497 e. The van der Waals surface area contributed by atoms with Crippen LogP contribution in [-0.4, -0.2) is 21.6 Å². The number of ether oxygens (including phenoxy) is 1. The van der Waals surface area contributed by atoms with E-state index in [0.29, 0.717) is 16.7 Å². The molecule has 0 aliphatic rings. The van der Waals surface area contributed by atoms with Crippen LogP contribution in [0.5, 0.6) is 5.75 Å². The van der Waals surface area contributed by atoms with E-state index in [1.54, 1.807) is 11.7 Å². The summed E-state index contributed by atoms with van der Waals surface area (Å²) in [5.41, 5.74) is 4.44. The van der Waals surface area contributed by atoms with Gasteiger partial charge in [-0.3, -0.25) is 9.36 Å². The van der Waals surface area contributed by atoms with Crippen LogP contribution in [0.4, 0.5) is 0 Å². The summed E-state index contributed by atoms with van der Waals surface area (Å²) in [7, 11) is 1.66. The Bertz CT molecular complexity index is 1560. The van der Waals surface area contributed by atoms with E-state index in [9.17, 15) is 4.79 Å². The standard InChI is InChI=1S/C26H20IN3O2/c1-16-5-3-4-6-24(16)30-25(29-23-10-8-18(27)13-21(23)26(30)31)12-7-17-15-28-22-11-9-19(32-2)14-20(17)22/h3-15,28H,1-2H3. The Morgan fingerprint density at radius 3 is 2.69 bits per heavy atom. The first-order chi connectivity index (χ1) is 15.5. The minimum atomic E-state index is -0.0805. The Labute approximate surface area is 198 Å². The van der Waals surface area contributed by atoms with E-state index in [0.717, 1.165) is 37.0 Å². The number of hydrogen-bond acceptors (Lipinski definition) is 3. The van der Waals surface area contributed by atoms with Crippen molar-refractivity contribution in [3.63, 3.8) is 0 Å². The molecule has 0 saturated carbocycles. The number of aromatic amines is 1. The zero-order valence-corrected chi connectivity index (χ0v) is 19.8. The second-order valence-corrected chi connectivity index (χ2v) is 8.79. The number of halogens is 1. The van der Waals surface area contributed by atoms with Gasteiger partial charge in [-0.2, -0.15) is 0 Å². The highest BCUT2D eigenvalue weighted by atomic mass is 127. The Kier molecular flexibility index (Phi) is 5.30. The highest BCUT2D eigenvalue weighted by Crippen LogP contribution is 2.25. The molecule has 0 aliphatic carbocycles. The van der Waals surface area contributed by atoms with Crippen LogP contribution in [0.25, 0.3) is 39.6 Å². The number of hydrogen-bond donors (Lipinski definition) is 1. The normalized spacial score (nSPS) is 11.6. The Morgan fingerprint density at radius 2 is 1.88 bits per heavy atom. The predicted molar refractivity (Wildman–Crippen MR) is 139 cm³/mol. The molecule has 0 unspecified atom stereocenters. The van der Waals surface area contributed by atoms with Crippen molar-refractivity contribution in [3.05, 3.63) is 97.7 Å². The lowest BCUT2D eigenvalue weighted by Crippen LogP contribution is -2.23. The van der Waals surface area contributed by atoms with Crippen LogP contribution in [0.1, 0.15) is 17.0 Å². The summed E-state index contributed by atoms with van der Waals surface area (Å²) in [6, 6.07) is 19.5. The molecule has 0 spiro atoms. The van der Waals surface area contributed by atoms with E-state index in [-0.39, 0.29) is 5.56 Å². The molecule has 6 heteroatoms. The van der Waals surface area contributed by atoms with Gasteiger partial charge in [0.05, 0.1) is 23.7 Å². The zero-order valence-electron chi connectivity index (χ0n) is 17.6. The largest absolute Gasteiger partial charge is 0.497 e. The molecule has 2 aromatic heterocycles. The Hall–Kier alpha value is -3.39. The molecule has 0 aliphatic heterocycles. The number of nitrogens with zero attached hydrogens (tertiary/aromatic N) is 2. The maximum atomic E-state index is 13.6. The van der Waals surface area contributed by atoms with Crippen LogP contribution in [0.2, 0.25) is 0 Å². The van der Waals surface area contributed by atoms with Crippen LogP contribution in [-0.2, 0) is 0 Å². The monoisotopic (exact) mass is 533 g/mol. The van der Waals surface area contributed by atoms with Gasteiger partial charge >= 0.3 is 0 Å². The molecular weight excluding hydrogens is 513 g/mol. The van der Waals surface area contributed by atoms with Gasteiger partial charge in [0.15, 0.2) is 0 Å². The number of benzene rings is 3. The number of H-pyrrole nitrogens is 1. The highest BCUT2D eigenvalue weighted by molar-refractivity contribution is 14.1. The van der Waals surface area contributed by atoms with Crippen molar-refractivity contribution in [1.29, 1.82) is 0 Å². The molecule has 0 atom stereocenters. The molecule has 2 heterocycles. The van der Waals surface area contributed by atoms with Gasteiger partial charge in [-0.15, -0.1) is 0 Å². The van der Waals surface area contributed by atoms with Crippen molar-refractivity contribution in [1.82, 2.24) is 14.5 Å². The Balaban J connectivity index is 1.73. The average molecular weight is 533 g/mol. The third kappa shape index (κ3) is 3.60. The van der Waals surface area contributed by atoms with E-state index >= 15 is 0 Å². The second kappa shape index (κ2) is 8.27. The maximum Gasteiger partial charge on any atom is 0.266 e. The van der Waals surface area contributed by atoms with Gasteiger partial charge in [0, 0.05) is 26.2 Å². The van der Waals surface area contributed by atoms with E-state index in [1.807, 2.05) is 85.9 Å². The topological polar surface area (TPSA) is 59.9 Å². The first kappa shape index (κ1) is 20.5. The lowest BCUT2D eigenvalue weighted by molar-refractivity contribution is 0.415. The number of aryl methyl sites for hydroxylation is 1. The van der Waals surface area contributed by atoms with Crippen LogP contribution >= 0.6 is 22.6 Å². The van der Waals surface area contributed by atoms with Crippen molar-refractivity contribution in [2.24, 2.45) is 0 Å². The average Bonchev–Trinajstić information content (AvgIpc) is 3.21. The summed E-state index contributed by atoms with van der Waals surface area (Å²) < 4.78 is 8.07. The number of aromatic nitrogens is 3. The molecule has 5 nitrogen and oxygen atoms in total. The molecule has 0 amide bonds. The number of para-hydroxylation sites is 1. The fraction of sp³-hybridized carbons (Fsp3) is 0.0769. The van der Waals surface area contributed by atoms with Gasteiger partial charge < -0.3 is 9.72 Å². The van der Waals surface area contributed by atoms with E-state index in [2.05, 4.69) is 27.6 Å². The third-order valence-corrected chi connectivity index (χ3v) is 6.22. The van der Waals surface area contributed by atoms with Crippen molar-refractivity contribution in [2.45, 2.75) is 6.92 Å². The summed E-state index contributed by atoms with van der Waals surface area (Å²) in [5.74, 6) is 1.37. The molecule has 3 aromatic carbocycles. The van der Waals surface area contributed by atoms with Crippen molar-refractivity contribution in [3.8, 4) is 11.4 Å². The predicted octanol–water partition coefficient (Wildman–Crippen LogP) is 5.96. The molecule has 0 saturated heterocycles. The third-order valence-electron chi connectivity index (χ3n) is 5.55. The minimum absolute atomic E-state index is 0.0805. The zero-order chi connectivity index (χ0) is 22.2. The van der Waals surface area contributed by atoms with E-state index in [4.69, 9.17) is 9.72 Å². The van der Waals surface area contributed by atoms with E-state index in [1.165, 1.54) is 0 Å². The van der Waals surface area contributed by atoms with E-state index < -0.39 is 0 Å². The van der Waals surface area contributed by atoms with Crippen LogP contribution < -0.4 is 10.3 Å². The summed E-state index contributed by atoms with van der Waals surface area (Å²) in [6.45, 7) is 2.00. The highest BCUT2D eigenvalue weighted by Gasteiger charge is 2.13. The number of methoxy groups -OCH3 is 1. The molecule has 0 bridgehead atoms. The smallest absolute Gasteiger partial charge is 0.266 e. The molecule has 5 aromatic rings. The molecule has 1 N–H and O–H groups in total. The Morgan fingerprint density at radius 1 is 1.03 bits per heavy atom. The lowest BCUT2D eigenvalue weighted by atomic mass is 10.1. The first-order valence-corrected chi connectivity index (χ1v) is 11.2. The van der Waals surface area contributed by atoms with Gasteiger partial charge in [0.1, 0.15) is 11.6 Å². The van der Waals surface area contributed by atoms with Gasteiger partial charge in [-0.25, -0.2) is 4.98 Å². The maximum absolute atomic E-state index is 13.6. The van der Waals surface area contributed by atoms with Crippen LogP contribution in [0.3, 0.4) is 0 Å². The molecule has 32 heavy (non-hydrogen) atoms. The summed E-state index contributed by atoms with van der Waals surface area (Å²) in [5, 5.41) is 1.65. The van der Waals surface area contributed by atoms with Crippen LogP contribution in [0.15, 0.2) is 71.7 Å². The number of fused-ring (bicyclic) bond motifs is 2. The van der Waals surface area contributed by atoms with Gasteiger partial charge in [0.25, 0.3) is 5.56 Å². The quantitative estimate of drug-likeness (QED) is 0.290. The van der Waals surface area contributed by atoms with Gasteiger partial charge in [-0.05, 0) is 89.7 Å². The van der Waals surface area contributed by atoms with Crippen molar-refractivity contribution < 1.29 is 4.74 Å². The fourth-order valence-corrected chi connectivity index (χ4v) is 4.38. The lowest BCUT2D eigenvalue weighted by Gasteiger charge is -2.13. The van der Waals surface area contributed by atoms with Crippen molar-refractivity contribution >= 4 is 56.5 Å². The van der Waals surface area contributed by atoms with Gasteiger partial charge in [-0.1, -0.05) is 18.2 Å². The van der Waals surface area contributed by atoms with Gasteiger partial charge in [0.2, 0.25) is 0 Å². The molecule has 5 rings (SSSR count). The molecular formula is C26H20IN3O2. The molecule has 158 valence electrons. The summed E-state index contributed by atoms with van der Waals surface area (Å²) in [6.07, 6.45) is 5.82. The summed E-state index contributed by atoms with van der Waals surface area (Å²) in [4.78, 5) is 21.7. The number of nitrogens with one attached hydrogen (secondary N) is 1. The summed E-state index contributed by atoms with van der Waals surface area (Å²) >= 11 is 2.22. The second-order valence-electron chi connectivity index (χ2n) is 7.55.